The van der Waals surface area contributed by atoms with Gasteiger partial charge in [0.1, 0.15) is 0 Å². The molecule has 0 aliphatic rings. The van der Waals surface area contributed by atoms with Crippen LogP contribution >= 0.6 is 0 Å². The molecule has 0 aliphatic heterocycles. The van der Waals surface area contributed by atoms with Gasteiger partial charge in [-0.2, -0.15) is 5.10 Å². The van der Waals surface area contributed by atoms with Crippen LogP contribution in [0.25, 0.3) is 0 Å². The summed E-state index contributed by atoms with van der Waals surface area (Å²) in [6, 6.07) is 2.07. The monoisotopic (exact) mass is 209 g/mol. The minimum atomic E-state index is 0.289. The second-order valence-electron chi connectivity index (χ2n) is 4.18. The van der Waals surface area contributed by atoms with Gasteiger partial charge >= 0.3 is 0 Å². The fraction of sp³-hybridized carbons (Fsp3) is 0.750. The second kappa shape index (κ2) is 5.31. The summed E-state index contributed by atoms with van der Waals surface area (Å²) in [5.74, 6) is 0. The number of aryl methyl sites for hydroxylation is 1. The molecule has 3 nitrogen and oxygen atoms in total. The lowest BCUT2D eigenvalue weighted by Crippen LogP contribution is -2.43. The van der Waals surface area contributed by atoms with Gasteiger partial charge in [-0.25, -0.2) is 0 Å². The summed E-state index contributed by atoms with van der Waals surface area (Å²) in [7, 11) is 1.95. The maximum absolute atomic E-state index is 4.37. The molecule has 1 rings (SSSR count). The Morgan fingerprint density at radius 1 is 1.27 bits per heavy atom. The average molecular weight is 209 g/mol. The van der Waals surface area contributed by atoms with Crippen LogP contribution in [0.5, 0.6) is 0 Å². The molecule has 0 saturated carbocycles. The van der Waals surface area contributed by atoms with Gasteiger partial charge in [0.15, 0.2) is 0 Å². The topological polar surface area (TPSA) is 29.9 Å². The average Bonchev–Trinajstić information content (AvgIpc) is 2.67. The van der Waals surface area contributed by atoms with E-state index in [1.165, 1.54) is 19.3 Å². The molecule has 3 heteroatoms. The first-order valence-electron chi connectivity index (χ1n) is 5.89. The van der Waals surface area contributed by atoms with E-state index >= 15 is 0 Å². The Hall–Kier alpha value is -0.830. The normalized spacial score (nSPS) is 12.0. The van der Waals surface area contributed by atoms with E-state index in [2.05, 4.69) is 37.3 Å². The first-order chi connectivity index (χ1) is 7.15. The summed E-state index contributed by atoms with van der Waals surface area (Å²) in [6.45, 7) is 7.62. The van der Waals surface area contributed by atoms with Crippen molar-refractivity contribution in [2.24, 2.45) is 7.05 Å². The second-order valence-corrected chi connectivity index (χ2v) is 4.18. The smallest absolute Gasteiger partial charge is 0.0762 e. The summed E-state index contributed by atoms with van der Waals surface area (Å²) >= 11 is 0. The molecule has 0 radical (unpaired) electrons. The molecule has 0 spiro atoms. The predicted octanol–water partition coefficient (Wildman–Crippen LogP) is 2.48. The summed E-state index contributed by atoms with van der Waals surface area (Å²) in [4.78, 5) is 0. The largest absolute Gasteiger partial charge is 0.306 e. The van der Waals surface area contributed by atoms with Crippen molar-refractivity contribution in [1.82, 2.24) is 15.1 Å². The molecular formula is C12H23N3. The predicted molar refractivity (Wildman–Crippen MR) is 63.7 cm³/mol. The zero-order chi connectivity index (χ0) is 11.3. The van der Waals surface area contributed by atoms with E-state index in [4.69, 9.17) is 0 Å². The molecule has 1 aromatic rings. The Morgan fingerprint density at radius 3 is 2.27 bits per heavy atom. The van der Waals surface area contributed by atoms with Gasteiger partial charge in [-0.1, -0.05) is 20.8 Å². The van der Waals surface area contributed by atoms with Crippen molar-refractivity contribution in [3.63, 3.8) is 0 Å². The van der Waals surface area contributed by atoms with Crippen molar-refractivity contribution in [2.75, 3.05) is 0 Å². The molecule has 15 heavy (non-hydrogen) atoms. The molecular weight excluding hydrogens is 186 g/mol. The molecule has 86 valence electrons. The highest BCUT2D eigenvalue weighted by molar-refractivity contribution is 4.99. The standard InChI is InChI=1S/C12H23N3/c1-5-12(6-2,7-3)13-10-11-8-9-15(4)14-11/h8-9,13H,5-7,10H2,1-4H3. The van der Waals surface area contributed by atoms with E-state index in [-0.39, 0.29) is 5.54 Å². The fourth-order valence-corrected chi connectivity index (χ4v) is 1.96. The molecule has 0 unspecified atom stereocenters. The van der Waals surface area contributed by atoms with Crippen molar-refractivity contribution in [2.45, 2.75) is 52.1 Å². The summed E-state index contributed by atoms with van der Waals surface area (Å²) in [5.41, 5.74) is 1.41. The lowest BCUT2D eigenvalue weighted by molar-refractivity contribution is 0.286. The molecule has 0 atom stereocenters. The summed E-state index contributed by atoms with van der Waals surface area (Å²) < 4.78 is 1.85. The number of nitrogens with one attached hydrogen (secondary N) is 1. The SMILES string of the molecule is CCC(CC)(CC)NCc1ccn(C)n1. The Labute approximate surface area is 92.9 Å². The van der Waals surface area contributed by atoms with Crippen LogP contribution in [-0.2, 0) is 13.6 Å². The first-order valence-corrected chi connectivity index (χ1v) is 5.89. The van der Waals surface area contributed by atoms with E-state index < -0.39 is 0 Å². The van der Waals surface area contributed by atoms with Crippen LogP contribution in [0.3, 0.4) is 0 Å². The lowest BCUT2D eigenvalue weighted by Gasteiger charge is -2.31. The van der Waals surface area contributed by atoms with E-state index in [9.17, 15) is 0 Å². The third-order valence-electron chi connectivity index (χ3n) is 3.44. The van der Waals surface area contributed by atoms with Crippen LogP contribution < -0.4 is 5.32 Å². The molecule has 0 bridgehead atoms. The molecule has 0 aromatic carbocycles. The Bertz CT molecular complexity index is 279. The molecule has 1 N–H and O–H groups in total. The number of rotatable bonds is 6. The Kier molecular flexibility index (Phi) is 4.33. The Morgan fingerprint density at radius 2 is 1.87 bits per heavy atom. The van der Waals surface area contributed by atoms with Gasteiger partial charge < -0.3 is 5.32 Å². The number of nitrogens with zero attached hydrogens (tertiary/aromatic N) is 2. The summed E-state index contributed by atoms with van der Waals surface area (Å²) in [6.07, 6.45) is 5.51. The van der Waals surface area contributed by atoms with Crippen molar-refractivity contribution < 1.29 is 0 Å². The van der Waals surface area contributed by atoms with Gasteiger partial charge in [-0.05, 0) is 25.3 Å². The molecule has 1 aromatic heterocycles. The zero-order valence-electron chi connectivity index (χ0n) is 10.4. The molecule has 0 fully saturated rings. The maximum Gasteiger partial charge on any atom is 0.0762 e. The number of hydrogen-bond acceptors (Lipinski definition) is 2. The van der Waals surface area contributed by atoms with Gasteiger partial charge in [0.25, 0.3) is 0 Å². The van der Waals surface area contributed by atoms with E-state index in [0.29, 0.717) is 0 Å². The van der Waals surface area contributed by atoms with Gasteiger partial charge in [-0.3, -0.25) is 4.68 Å². The van der Waals surface area contributed by atoms with Gasteiger partial charge in [0, 0.05) is 25.3 Å². The lowest BCUT2D eigenvalue weighted by atomic mass is 9.90. The van der Waals surface area contributed by atoms with Crippen LogP contribution in [0, 0.1) is 0 Å². The van der Waals surface area contributed by atoms with Gasteiger partial charge in [0.2, 0.25) is 0 Å². The number of aromatic nitrogens is 2. The van der Waals surface area contributed by atoms with Crippen LogP contribution in [-0.4, -0.2) is 15.3 Å². The van der Waals surface area contributed by atoms with E-state index in [0.717, 1.165) is 12.2 Å². The van der Waals surface area contributed by atoms with Crippen LogP contribution in [0.1, 0.15) is 45.7 Å². The highest BCUT2D eigenvalue weighted by Crippen LogP contribution is 2.19. The van der Waals surface area contributed by atoms with Gasteiger partial charge in [0.05, 0.1) is 5.69 Å². The third-order valence-corrected chi connectivity index (χ3v) is 3.44. The molecule has 0 aliphatic carbocycles. The van der Waals surface area contributed by atoms with Crippen LogP contribution in [0.4, 0.5) is 0 Å². The Balaban J connectivity index is 2.54. The minimum Gasteiger partial charge on any atom is -0.306 e. The summed E-state index contributed by atoms with van der Waals surface area (Å²) in [5, 5.41) is 8.01. The first kappa shape index (κ1) is 12.2. The van der Waals surface area contributed by atoms with E-state index in [1.807, 2.05) is 17.9 Å². The highest BCUT2D eigenvalue weighted by atomic mass is 15.3. The molecule has 1 heterocycles. The van der Waals surface area contributed by atoms with Gasteiger partial charge in [-0.15, -0.1) is 0 Å². The quantitative estimate of drug-likeness (QED) is 0.780. The van der Waals surface area contributed by atoms with Crippen molar-refractivity contribution in [3.05, 3.63) is 18.0 Å². The van der Waals surface area contributed by atoms with Crippen LogP contribution in [0.2, 0.25) is 0 Å². The fourth-order valence-electron chi connectivity index (χ4n) is 1.96. The highest BCUT2D eigenvalue weighted by Gasteiger charge is 2.22. The van der Waals surface area contributed by atoms with Crippen molar-refractivity contribution in [1.29, 1.82) is 0 Å². The molecule has 0 amide bonds. The zero-order valence-corrected chi connectivity index (χ0v) is 10.4. The van der Waals surface area contributed by atoms with Crippen LogP contribution in [0.15, 0.2) is 12.3 Å². The molecule has 0 saturated heterocycles. The number of hydrogen-bond donors (Lipinski definition) is 1. The minimum absolute atomic E-state index is 0.289. The maximum atomic E-state index is 4.37. The van der Waals surface area contributed by atoms with Crippen molar-refractivity contribution in [3.8, 4) is 0 Å². The van der Waals surface area contributed by atoms with E-state index in [1.54, 1.807) is 0 Å². The third kappa shape index (κ3) is 3.06. The van der Waals surface area contributed by atoms with Crippen molar-refractivity contribution >= 4 is 0 Å².